The Labute approximate surface area is 200 Å². The van der Waals surface area contributed by atoms with Crippen LogP contribution in [0.2, 0.25) is 0 Å². The van der Waals surface area contributed by atoms with Crippen LogP contribution in [-0.4, -0.2) is 43.1 Å². The van der Waals surface area contributed by atoms with Gasteiger partial charge in [0.1, 0.15) is 11.0 Å². The van der Waals surface area contributed by atoms with E-state index in [-0.39, 0.29) is 17.3 Å². The van der Waals surface area contributed by atoms with Crippen molar-refractivity contribution in [1.82, 2.24) is 0 Å². The normalized spacial score (nSPS) is 11.5. The summed E-state index contributed by atoms with van der Waals surface area (Å²) in [4.78, 5) is 35.0. The Morgan fingerprint density at radius 3 is 2.17 bits per heavy atom. The average molecular weight is 508 g/mol. The summed E-state index contributed by atoms with van der Waals surface area (Å²) in [6.07, 6.45) is 0. The van der Waals surface area contributed by atoms with E-state index in [1.807, 2.05) is 18.7 Å². The van der Waals surface area contributed by atoms with E-state index in [1.165, 1.54) is 6.92 Å². The van der Waals surface area contributed by atoms with Gasteiger partial charge in [0.25, 0.3) is 5.69 Å². The predicted octanol–water partition coefficient (Wildman–Crippen LogP) is 4.83. The molecule has 0 aliphatic carbocycles. The summed E-state index contributed by atoms with van der Waals surface area (Å²) in [5, 5.41) is 33.1. The Hall–Kier alpha value is -3.74. The maximum atomic E-state index is 13.1. The van der Waals surface area contributed by atoms with Crippen LogP contribution in [0.1, 0.15) is 20.8 Å². The van der Waals surface area contributed by atoms with Crippen LogP contribution in [0, 0.1) is 20.2 Å². The molecule has 0 unspecified atom stereocenters. The monoisotopic (exact) mass is 508 g/mol. The lowest BCUT2D eigenvalue weighted by atomic mass is 10.2. The average Bonchev–Trinajstić information content (AvgIpc) is 2.82. The molecule has 14 nitrogen and oxygen atoms in total. The van der Waals surface area contributed by atoms with E-state index in [0.717, 1.165) is 26.0 Å². The standard InChI is InChI=1S/C20H25N6O8P/c1-6-24(7-2)14-8-9-16(17(10-14)21-13(3)27)22-23-20-18(26(30)31)11-15(25(28)29)12-19(20)35(32,33-4)34-5/h8-12H,6-7H2,1-5H3,(H,21,27). The number of non-ortho nitro benzene ring substituents is 1. The molecule has 0 atom stereocenters. The Balaban J connectivity index is 2.78. The van der Waals surface area contributed by atoms with Crippen molar-refractivity contribution in [2.24, 2.45) is 10.2 Å². The van der Waals surface area contributed by atoms with Crippen molar-refractivity contribution in [2.75, 3.05) is 37.5 Å². The largest absolute Gasteiger partial charge is 0.372 e. The zero-order chi connectivity index (χ0) is 26.3. The molecule has 0 saturated heterocycles. The first-order chi connectivity index (χ1) is 16.5. The zero-order valence-electron chi connectivity index (χ0n) is 19.8. The van der Waals surface area contributed by atoms with Crippen molar-refractivity contribution < 1.29 is 28.3 Å². The van der Waals surface area contributed by atoms with Crippen molar-refractivity contribution in [2.45, 2.75) is 20.8 Å². The highest BCUT2D eigenvalue weighted by molar-refractivity contribution is 7.62. The number of nitro benzene ring substituents is 2. The Kier molecular flexibility index (Phi) is 9.12. The quantitative estimate of drug-likeness (QED) is 0.192. The van der Waals surface area contributed by atoms with Gasteiger partial charge in [0, 0.05) is 46.0 Å². The third kappa shape index (κ3) is 6.23. The number of benzene rings is 2. The minimum atomic E-state index is -4.23. The Morgan fingerprint density at radius 1 is 1.06 bits per heavy atom. The van der Waals surface area contributed by atoms with Gasteiger partial charge >= 0.3 is 13.3 Å². The van der Waals surface area contributed by atoms with Gasteiger partial charge in [-0.25, -0.2) is 0 Å². The molecule has 1 amide bonds. The van der Waals surface area contributed by atoms with Gasteiger partial charge in [0.15, 0.2) is 5.69 Å². The fourth-order valence-corrected chi connectivity index (χ4v) is 4.46. The summed E-state index contributed by atoms with van der Waals surface area (Å²) in [7, 11) is -2.18. The molecular weight excluding hydrogens is 483 g/mol. The van der Waals surface area contributed by atoms with Crippen LogP contribution in [-0.2, 0) is 18.4 Å². The van der Waals surface area contributed by atoms with Gasteiger partial charge in [-0.3, -0.25) is 29.6 Å². The lowest BCUT2D eigenvalue weighted by Gasteiger charge is -2.22. The first kappa shape index (κ1) is 27.5. The SMILES string of the molecule is CCN(CC)c1ccc(N=Nc2c([N+](=O)[O-])cc([N+](=O)[O-])cc2P(=O)(OC)OC)c(NC(C)=O)c1. The molecule has 2 aromatic carbocycles. The smallest absolute Gasteiger partial charge is 0.363 e. The van der Waals surface area contributed by atoms with Crippen molar-refractivity contribution in [1.29, 1.82) is 0 Å². The maximum Gasteiger partial charge on any atom is 0.363 e. The molecule has 0 saturated carbocycles. The number of nitro groups is 2. The summed E-state index contributed by atoms with van der Waals surface area (Å²) < 4.78 is 22.9. The van der Waals surface area contributed by atoms with Crippen LogP contribution in [0.15, 0.2) is 40.6 Å². The summed E-state index contributed by atoms with van der Waals surface area (Å²) >= 11 is 0. The number of azo groups is 1. The van der Waals surface area contributed by atoms with E-state index < -0.39 is 39.8 Å². The van der Waals surface area contributed by atoms with Gasteiger partial charge in [0.2, 0.25) is 5.91 Å². The molecule has 0 bridgehead atoms. The van der Waals surface area contributed by atoms with Crippen molar-refractivity contribution in [3.8, 4) is 0 Å². The highest BCUT2D eigenvalue weighted by atomic mass is 31.2. The van der Waals surface area contributed by atoms with Gasteiger partial charge in [-0.1, -0.05) is 0 Å². The topological polar surface area (TPSA) is 179 Å². The molecule has 0 fully saturated rings. The van der Waals surface area contributed by atoms with E-state index in [4.69, 9.17) is 9.05 Å². The predicted molar refractivity (Wildman–Crippen MR) is 129 cm³/mol. The number of amides is 1. The number of nitrogens with one attached hydrogen (secondary N) is 1. The number of rotatable bonds is 11. The van der Waals surface area contributed by atoms with E-state index in [2.05, 4.69) is 15.5 Å². The fraction of sp³-hybridized carbons (Fsp3) is 0.350. The summed E-state index contributed by atoms with van der Waals surface area (Å²) in [5.74, 6) is -0.386. The van der Waals surface area contributed by atoms with Crippen molar-refractivity contribution in [3.63, 3.8) is 0 Å². The van der Waals surface area contributed by atoms with Crippen LogP contribution in [0.5, 0.6) is 0 Å². The molecule has 0 aromatic heterocycles. The molecule has 188 valence electrons. The highest BCUT2D eigenvalue weighted by Gasteiger charge is 2.36. The van der Waals surface area contributed by atoms with Crippen molar-refractivity contribution in [3.05, 3.63) is 50.6 Å². The Morgan fingerprint density at radius 2 is 1.69 bits per heavy atom. The molecule has 2 aromatic rings. The van der Waals surface area contributed by atoms with Crippen LogP contribution in [0.3, 0.4) is 0 Å². The van der Waals surface area contributed by atoms with Crippen LogP contribution in [0.25, 0.3) is 0 Å². The lowest BCUT2D eigenvalue weighted by molar-refractivity contribution is -0.393. The zero-order valence-corrected chi connectivity index (χ0v) is 20.6. The molecule has 1 N–H and O–H groups in total. The minimum Gasteiger partial charge on any atom is -0.372 e. The second-order valence-electron chi connectivity index (χ2n) is 6.96. The summed E-state index contributed by atoms with van der Waals surface area (Å²) in [5.41, 5.74) is -0.870. The lowest BCUT2D eigenvalue weighted by Crippen LogP contribution is -2.21. The molecule has 15 heteroatoms. The second-order valence-corrected chi connectivity index (χ2v) is 9.17. The third-order valence-electron chi connectivity index (χ3n) is 4.91. The number of anilines is 2. The van der Waals surface area contributed by atoms with Crippen LogP contribution < -0.4 is 15.5 Å². The van der Waals surface area contributed by atoms with E-state index >= 15 is 0 Å². The van der Waals surface area contributed by atoms with Crippen molar-refractivity contribution >= 4 is 52.9 Å². The van der Waals surface area contributed by atoms with E-state index in [1.54, 1.807) is 18.2 Å². The second kappa shape index (κ2) is 11.6. The number of hydrogen-bond acceptors (Lipinski definition) is 11. The first-order valence-electron chi connectivity index (χ1n) is 10.3. The van der Waals surface area contributed by atoms with Gasteiger partial charge in [-0.15, -0.1) is 10.2 Å². The van der Waals surface area contributed by atoms with Crippen LogP contribution in [0.4, 0.5) is 34.1 Å². The number of carbonyl (C=O) groups is 1. The maximum absolute atomic E-state index is 13.1. The molecule has 35 heavy (non-hydrogen) atoms. The van der Waals surface area contributed by atoms with Gasteiger partial charge in [-0.05, 0) is 32.0 Å². The van der Waals surface area contributed by atoms with E-state index in [0.29, 0.717) is 19.2 Å². The van der Waals surface area contributed by atoms with Gasteiger partial charge < -0.3 is 19.3 Å². The molecule has 0 spiro atoms. The molecule has 0 aliphatic heterocycles. The number of hydrogen-bond donors (Lipinski definition) is 1. The Bertz CT molecular complexity index is 1210. The molecule has 2 rings (SSSR count). The third-order valence-corrected chi connectivity index (χ3v) is 6.81. The summed E-state index contributed by atoms with van der Waals surface area (Å²) in [6, 6.07) is 6.45. The first-order valence-corrected chi connectivity index (χ1v) is 11.8. The van der Waals surface area contributed by atoms with Crippen LogP contribution >= 0.6 is 7.60 Å². The van der Waals surface area contributed by atoms with E-state index in [9.17, 15) is 29.6 Å². The molecular formula is C20H25N6O8P. The van der Waals surface area contributed by atoms with Gasteiger partial charge in [0.05, 0.1) is 21.6 Å². The van der Waals surface area contributed by atoms with Gasteiger partial charge in [-0.2, -0.15) is 0 Å². The highest BCUT2D eigenvalue weighted by Crippen LogP contribution is 2.51. The molecule has 0 aliphatic rings. The fourth-order valence-electron chi connectivity index (χ4n) is 3.21. The molecule has 0 radical (unpaired) electrons. The summed E-state index contributed by atoms with van der Waals surface area (Å²) in [6.45, 7) is 6.65. The minimum absolute atomic E-state index is 0.138. The number of carbonyl (C=O) groups excluding carboxylic acids is 1. The number of nitrogens with zero attached hydrogens (tertiary/aromatic N) is 5. The molecule has 0 heterocycles.